The minimum absolute atomic E-state index is 0.0902. The molecule has 5 heteroatoms. The van der Waals surface area contributed by atoms with Gasteiger partial charge in [0.05, 0.1) is 11.0 Å². The maximum absolute atomic E-state index is 12.2. The zero-order chi connectivity index (χ0) is 16.1. The van der Waals surface area contributed by atoms with Crippen LogP contribution in [0.2, 0.25) is 0 Å². The summed E-state index contributed by atoms with van der Waals surface area (Å²) in [5.41, 5.74) is 2.43. The van der Waals surface area contributed by atoms with Crippen LogP contribution in [-0.4, -0.2) is 10.8 Å². The molecule has 0 spiro atoms. The number of non-ortho nitro benzene ring substituents is 1. The molecular weight excluding hydrogens is 280 g/mol. The number of benzene rings is 2. The normalized spacial score (nSPS) is 11.7. The lowest BCUT2D eigenvalue weighted by Gasteiger charge is -2.14. The topological polar surface area (TPSA) is 72.2 Å². The van der Waals surface area contributed by atoms with Gasteiger partial charge in [-0.25, -0.2) is 0 Å². The summed E-state index contributed by atoms with van der Waals surface area (Å²) in [5.74, 6) is -0.323. The maximum atomic E-state index is 12.2. The zero-order valence-electron chi connectivity index (χ0n) is 12.6. The highest BCUT2D eigenvalue weighted by Crippen LogP contribution is 2.17. The van der Waals surface area contributed by atoms with Gasteiger partial charge in [0.15, 0.2) is 0 Å². The van der Waals surface area contributed by atoms with E-state index in [0.717, 1.165) is 12.0 Å². The van der Waals surface area contributed by atoms with Gasteiger partial charge in [0.25, 0.3) is 11.6 Å². The molecule has 0 fully saturated rings. The van der Waals surface area contributed by atoms with Gasteiger partial charge in [-0.05, 0) is 30.5 Å². The molecule has 0 aliphatic heterocycles. The molecular formula is C17H18N2O3. The summed E-state index contributed by atoms with van der Waals surface area (Å²) >= 11 is 0. The Bertz CT molecular complexity index is 681. The molecule has 2 aromatic carbocycles. The maximum Gasteiger partial charge on any atom is 0.270 e. The highest BCUT2D eigenvalue weighted by molar-refractivity contribution is 5.95. The molecule has 0 bridgehead atoms. The Labute approximate surface area is 129 Å². The monoisotopic (exact) mass is 298 g/mol. The van der Waals surface area contributed by atoms with Crippen LogP contribution in [0, 0.1) is 10.1 Å². The predicted molar refractivity (Wildman–Crippen MR) is 84.8 cm³/mol. The summed E-state index contributed by atoms with van der Waals surface area (Å²) in [6, 6.07) is 13.6. The van der Waals surface area contributed by atoms with Crippen LogP contribution in [0.4, 0.5) is 5.69 Å². The number of aryl methyl sites for hydroxylation is 1. The fourth-order valence-corrected chi connectivity index (χ4v) is 2.17. The van der Waals surface area contributed by atoms with Gasteiger partial charge in [-0.3, -0.25) is 14.9 Å². The van der Waals surface area contributed by atoms with E-state index in [1.54, 1.807) is 6.07 Å². The van der Waals surface area contributed by atoms with Crippen molar-refractivity contribution in [3.8, 4) is 0 Å². The molecule has 0 radical (unpaired) electrons. The second kappa shape index (κ2) is 6.85. The molecule has 0 heterocycles. The van der Waals surface area contributed by atoms with Crippen molar-refractivity contribution < 1.29 is 9.72 Å². The van der Waals surface area contributed by atoms with Gasteiger partial charge in [-0.1, -0.05) is 37.3 Å². The van der Waals surface area contributed by atoms with Crippen LogP contribution in [0.5, 0.6) is 0 Å². The SMILES string of the molecule is CCc1ccc([C@H](C)NC(=O)c2cccc([N+](=O)[O-])c2)cc1. The Kier molecular flexibility index (Phi) is 4.88. The van der Waals surface area contributed by atoms with Gasteiger partial charge in [-0.15, -0.1) is 0 Å². The number of nitro groups is 1. The predicted octanol–water partition coefficient (Wildman–Crippen LogP) is 3.65. The highest BCUT2D eigenvalue weighted by Gasteiger charge is 2.14. The number of nitro benzene ring substituents is 1. The first-order valence-electron chi connectivity index (χ1n) is 7.15. The van der Waals surface area contributed by atoms with E-state index in [2.05, 4.69) is 12.2 Å². The van der Waals surface area contributed by atoms with Crippen molar-refractivity contribution in [1.29, 1.82) is 0 Å². The van der Waals surface area contributed by atoms with Crippen LogP contribution < -0.4 is 5.32 Å². The molecule has 114 valence electrons. The molecule has 0 aliphatic rings. The van der Waals surface area contributed by atoms with Crippen LogP contribution in [0.3, 0.4) is 0 Å². The minimum atomic E-state index is -0.510. The van der Waals surface area contributed by atoms with Crippen LogP contribution in [0.15, 0.2) is 48.5 Å². The van der Waals surface area contributed by atoms with Gasteiger partial charge in [0.1, 0.15) is 0 Å². The Balaban J connectivity index is 2.10. The quantitative estimate of drug-likeness (QED) is 0.676. The van der Waals surface area contributed by atoms with Crippen molar-refractivity contribution in [2.45, 2.75) is 26.3 Å². The van der Waals surface area contributed by atoms with Crippen molar-refractivity contribution in [1.82, 2.24) is 5.32 Å². The third-order valence-electron chi connectivity index (χ3n) is 3.55. The Hall–Kier alpha value is -2.69. The second-order valence-electron chi connectivity index (χ2n) is 5.10. The summed E-state index contributed by atoms with van der Waals surface area (Å²) in [4.78, 5) is 22.4. The molecule has 5 nitrogen and oxygen atoms in total. The fourth-order valence-electron chi connectivity index (χ4n) is 2.17. The number of nitrogens with one attached hydrogen (secondary N) is 1. The van der Waals surface area contributed by atoms with Crippen molar-refractivity contribution in [2.75, 3.05) is 0 Å². The van der Waals surface area contributed by atoms with E-state index in [1.165, 1.54) is 23.8 Å². The van der Waals surface area contributed by atoms with Crippen molar-refractivity contribution in [3.05, 3.63) is 75.3 Å². The van der Waals surface area contributed by atoms with Gasteiger partial charge >= 0.3 is 0 Å². The molecule has 2 rings (SSSR count). The number of amides is 1. The van der Waals surface area contributed by atoms with E-state index in [0.29, 0.717) is 0 Å². The molecule has 0 saturated heterocycles. The van der Waals surface area contributed by atoms with Crippen LogP contribution in [-0.2, 0) is 6.42 Å². The van der Waals surface area contributed by atoms with Crippen LogP contribution in [0.1, 0.15) is 41.4 Å². The summed E-state index contributed by atoms with van der Waals surface area (Å²) in [7, 11) is 0. The van der Waals surface area contributed by atoms with E-state index in [4.69, 9.17) is 0 Å². The Morgan fingerprint density at radius 1 is 1.23 bits per heavy atom. The first-order valence-corrected chi connectivity index (χ1v) is 7.15. The summed E-state index contributed by atoms with van der Waals surface area (Å²) in [6.07, 6.45) is 0.967. The molecule has 0 unspecified atom stereocenters. The summed E-state index contributed by atoms with van der Waals surface area (Å²) in [5, 5.41) is 13.6. The average Bonchev–Trinajstić information content (AvgIpc) is 2.54. The molecule has 1 amide bonds. The molecule has 0 aromatic heterocycles. The Morgan fingerprint density at radius 3 is 2.50 bits per heavy atom. The van der Waals surface area contributed by atoms with Gasteiger partial charge < -0.3 is 5.32 Å². The van der Waals surface area contributed by atoms with E-state index in [-0.39, 0.29) is 23.2 Å². The number of carbonyl (C=O) groups is 1. The number of carbonyl (C=O) groups excluding carboxylic acids is 1. The highest BCUT2D eigenvalue weighted by atomic mass is 16.6. The summed E-state index contributed by atoms with van der Waals surface area (Å²) < 4.78 is 0. The standard InChI is InChI=1S/C17H18N2O3/c1-3-13-7-9-14(10-8-13)12(2)18-17(20)15-5-4-6-16(11-15)19(21)22/h4-12H,3H2,1-2H3,(H,18,20)/t12-/m0/s1. The average molecular weight is 298 g/mol. The number of hydrogen-bond donors (Lipinski definition) is 1. The van der Waals surface area contributed by atoms with Gasteiger partial charge in [0, 0.05) is 17.7 Å². The van der Waals surface area contributed by atoms with Crippen molar-refractivity contribution in [2.24, 2.45) is 0 Å². The lowest BCUT2D eigenvalue weighted by molar-refractivity contribution is -0.384. The van der Waals surface area contributed by atoms with E-state index < -0.39 is 4.92 Å². The second-order valence-corrected chi connectivity index (χ2v) is 5.10. The first kappa shape index (κ1) is 15.7. The van der Waals surface area contributed by atoms with Gasteiger partial charge in [-0.2, -0.15) is 0 Å². The number of hydrogen-bond acceptors (Lipinski definition) is 3. The molecule has 2 aromatic rings. The molecule has 1 N–H and O–H groups in total. The van der Waals surface area contributed by atoms with Gasteiger partial charge in [0.2, 0.25) is 0 Å². The van der Waals surface area contributed by atoms with Crippen LogP contribution in [0.25, 0.3) is 0 Å². The van der Waals surface area contributed by atoms with E-state index in [1.807, 2.05) is 31.2 Å². The molecule has 0 saturated carbocycles. The van der Waals surface area contributed by atoms with E-state index in [9.17, 15) is 14.9 Å². The molecule has 0 aliphatic carbocycles. The third kappa shape index (κ3) is 3.69. The lowest BCUT2D eigenvalue weighted by atomic mass is 10.0. The van der Waals surface area contributed by atoms with E-state index >= 15 is 0 Å². The summed E-state index contributed by atoms with van der Waals surface area (Å²) in [6.45, 7) is 3.97. The first-order chi connectivity index (χ1) is 10.5. The minimum Gasteiger partial charge on any atom is -0.346 e. The zero-order valence-corrected chi connectivity index (χ0v) is 12.6. The van der Waals surface area contributed by atoms with Crippen LogP contribution >= 0.6 is 0 Å². The number of rotatable bonds is 5. The largest absolute Gasteiger partial charge is 0.346 e. The third-order valence-corrected chi connectivity index (χ3v) is 3.55. The number of nitrogens with zero attached hydrogens (tertiary/aromatic N) is 1. The fraction of sp³-hybridized carbons (Fsp3) is 0.235. The van der Waals surface area contributed by atoms with Crippen molar-refractivity contribution >= 4 is 11.6 Å². The lowest BCUT2D eigenvalue weighted by Crippen LogP contribution is -2.26. The smallest absolute Gasteiger partial charge is 0.270 e. The Morgan fingerprint density at radius 2 is 1.91 bits per heavy atom. The van der Waals surface area contributed by atoms with Crippen molar-refractivity contribution in [3.63, 3.8) is 0 Å². The molecule has 22 heavy (non-hydrogen) atoms. The molecule has 1 atom stereocenters.